The molecule has 5 rings (SSSR count). The minimum atomic E-state index is -0.283. The van der Waals surface area contributed by atoms with E-state index in [1.807, 2.05) is 48.0 Å². The van der Waals surface area contributed by atoms with Crippen LogP contribution in [0.2, 0.25) is 0 Å². The van der Waals surface area contributed by atoms with Crippen LogP contribution in [0.4, 0.5) is 0 Å². The van der Waals surface area contributed by atoms with Crippen molar-refractivity contribution < 1.29 is 9.53 Å². The minimum absolute atomic E-state index is 0.105. The zero-order valence-corrected chi connectivity index (χ0v) is 16.5. The van der Waals surface area contributed by atoms with E-state index in [1.54, 1.807) is 17.4 Å². The summed E-state index contributed by atoms with van der Waals surface area (Å²) in [6, 6.07) is 8.02. The summed E-state index contributed by atoms with van der Waals surface area (Å²) in [6.45, 7) is 3.29. The van der Waals surface area contributed by atoms with Gasteiger partial charge >= 0.3 is 0 Å². The second kappa shape index (κ2) is 7.34. The summed E-state index contributed by atoms with van der Waals surface area (Å²) in [5.74, 6) is -0.105. The minimum Gasteiger partial charge on any atom is -0.368 e. The average molecular weight is 406 g/mol. The molecule has 1 aliphatic rings. The van der Waals surface area contributed by atoms with Gasteiger partial charge in [-0.2, -0.15) is 0 Å². The van der Waals surface area contributed by atoms with Crippen molar-refractivity contribution in [3.05, 3.63) is 65.4 Å². The Balaban J connectivity index is 1.42. The smallest absolute Gasteiger partial charge is 0.275 e. The average Bonchev–Trinajstić information content (AvgIpc) is 3.39. The maximum Gasteiger partial charge on any atom is 0.275 e. The van der Waals surface area contributed by atoms with Gasteiger partial charge in [-0.1, -0.05) is 16.6 Å². The van der Waals surface area contributed by atoms with Crippen molar-refractivity contribution in [3.63, 3.8) is 0 Å². The van der Waals surface area contributed by atoms with E-state index in [1.165, 1.54) is 11.5 Å². The number of aromatic nitrogens is 5. The number of nitrogens with zero attached hydrogens (tertiary/aromatic N) is 6. The molecule has 0 unspecified atom stereocenters. The number of amides is 1. The van der Waals surface area contributed by atoms with Gasteiger partial charge in [0.2, 0.25) is 0 Å². The van der Waals surface area contributed by atoms with Gasteiger partial charge < -0.3 is 14.0 Å². The van der Waals surface area contributed by atoms with Gasteiger partial charge in [0.1, 0.15) is 6.10 Å². The molecule has 5 heterocycles. The number of pyridine rings is 2. The number of ether oxygens (including phenoxy) is 1. The van der Waals surface area contributed by atoms with Crippen molar-refractivity contribution in [2.75, 3.05) is 19.7 Å². The van der Waals surface area contributed by atoms with Crippen molar-refractivity contribution in [3.8, 4) is 11.1 Å². The summed E-state index contributed by atoms with van der Waals surface area (Å²) in [4.78, 5) is 24.2. The van der Waals surface area contributed by atoms with E-state index in [0.29, 0.717) is 25.4 Å². The Hall–Kier alpha value is -3.17. The molecule has 9 heteroatoms. The summed E-state index contributed by atoms with van der Waals surface area (Å²) in [5.41, 5.74) is 4.31. The van der Waals surface area contributed by atoms with Crippen LogP contribution in [0.15, 0.2) is 49.2 Å². The van der Waals surface area contributed by atoms with Gasteiger partial charge in [0.05, 0.1) is 35.6 Å². The predicted molar refractivity (Wildman–Crippen MR) is 108 cm³/mol. The van der Waals surface area contributed by atoms with Crippen molar-refractivity contribution in [1.29, 1.82) is 0 Å². The molecule has 0 bridgehead atoms. The molecule has 146 valence electrons. The van der Waals surface area contributed by atoms with Gasteiger partial charge in [0.25, 0.3) is 5.91 Å². The number of hydrogen-bond donors (Lipinski definition) is 0. The maximum absolute atomic E-state index is 12.8. The normalized spacial score (nSPS) is 17.0. The lowest BCUT2D eigenvalue weighted by Crippen LogP contribution is -2.42. The number of rotatable bonds is 3. The van der Waals surface area contributed by atoms with E-state index in [-0.39, 0.29) is 12.0 Å². The largest absolute Gasteiger partial charge is 0.368 e. The summed E-state index contributed by atoms with van der Waals surface area (Å²) >= 11 is 1.24. The molecule has 8 nitrogen and oxygen atoms in total. The molecule has 0 aromatic carbocycles. The highest BCUT2D eigenvalue weighted by molar-refractivity contribution is 7.05. The molecule has 1 amide bonds. The summed E-state index contributed by atoms with van der Waals surface area (Å²) < 4.78 is 11.8. The van der Waals surface area contributed by atoms with Crippen LogP contribution >= 0.6 is 11.5 Å². The molecule has 1 saturated heterocycles. The number of hydrogen-bond acceptors (Lipinski definition) is 7. The number of imidazole rings is 1. The first-order chi connectivity index (χ1) is 14.2. The van der Waals surface area contributed by atoms with Crippen LogP contribution in [0.3, 0.4) is 0 Å². The van der Waals surface area contributed by atoms with Gasteiger partial charge in [0, 0.05) is 30.7 Å². The van der Waals surface area contributed by atoms with Crippen molar-refractivity contribution in [2.45, 2.75) is 13.0 Å². The lowest BCUT2D eigenvalue weighted by atomic mass is 10.1. The van der Waals surface area contributed by atoms with Crippen molar-refractivity contribution in [1.82, 2.24) is 28.9 Å². The second-order valence-corrected chi connectivity index (χ2v) is 7.83. The van der Waals surface area contributed by atoms with E-state index < -0.39 is 0 Å². The zero-order valence-electron chi connectivity index (χ0n) is 15.7. The maximum atomic E-state index is 12.8. The lowest BCUT2D eigenvalue weighted by Gasteiger charge is -2.32. The van der Waals surface area contributed by atoms with Crippen LogP contribution < -0.4 is 0 Å². The molecule has 0 radical (unpaired) electrons. The highest BCUT2D eigenvalue weighted by Crippen LogP contribution is 2.28. The highest BCUT2D eigenvalue weighted by Gasteiger charge is 2.30. The van der Waals surface area contributed by atoms with E-state index in [4.69, 9.17) is 4.74 Å². The predicted octanol–water partition coefficient (Wildman–Crippen LogP) is 2.77. The van der Waals surface area contributed by atoms with Crippen molar-refractivity contribution in [2.24, 2.45) is 0 Å². The lowest BCUT2D eigenvalue weighted by molar-refractivity contribution is -0.0241. The Morgan fingerprint density at radius 2 is 2.21 bits per heavy atom. The molecule has 1 atom stereocenters. The van der Waals surface area contributed by atoms with Gasteiger partial charge in [-0.05, 0) is 36.2 Å². The van der Waals surface area contributed by atoms with E-state index in [2.05, 4.69) is 19.6 Å². The Bertz CT molecular complexity index is 1170. The third-order valence-corrected chi connectivity index (χ3v) is 5.70. The number of carbonyl (C=O) groups is 1. The van der Waals surface area contributed by atoms with E-state index in [9.17, 15) is 4.79 Å². The first-order valence-corrected chi connectivity index (χ1v) is 10.0. The molecule has 0 saturated carbocycles. The third-order valence-electron chi connectivity index (χ3n) is 5.07. The fraction of sp³-hybridized carbons (Fsp3) is 0.250. The first kappa shape index (κ1) is 17.9. The summed E-state index contributed by atoms with van der Waals surface area (Å²) in [6.07, 6.45) is 7.12. The molecule has 4 aromatic heterocycles. The molecule has 0 aliphatic carbocycles. The van der Waals surface area contributed by atoms with Crippen LogP contribution in [-0.4, -0.2) is 54.5 Å². The molecule has 29 heavy (non-hydrogen) atoms. The molecular weight excluding hydrogens is 388 g/mol. The second-order valence-electron chi connectivity index (χ2n) is 6.87. The molecule has 1 fully saturated rings. The third kappa shape index (κ3) is 3.28. The molecule has 0 N–H and O–H groups in total. The van der Waals surface area contributed by atoms with E-state index in [0.717, 1.165) is 27.2 Å². The van der Waals surface area contributed by atoms with Crippen LogP contribution in [0, 0.1) is 6.92 Å². The van der Waals surface area contributed by atoms with Gasteiger partial charge in [-0.3, -0.25) is 9.78 Å². The summed E-state index contributed by atoms with van der Waals surface area (Å²) in [5, 5.41) is 3.98. The van der Waals surface area contributed by atoms with Gasteiger partial charge in [-0.15, -0.1) is 5.10 Å². The topological polar surface area (TPSA) is 85.5 Å². The van der Waals surface area contributed by atoms with Crippen LogP contribution in [0.5, 0.6) is 0 Å². The first-order valence-electron chi connectivity index (χ1n) is 9.27. The highest BCUT2D eigenvalue weighted by atomic mass is 32.1. The zero-order chi connectivity index (χ0) is 19.8. The molecule has 1 aliphatic heterocycles. The molecule has 0 spiro atoms. The summed E-state index contributed by atoms with van der Waals surface area (Å²) in [7, 11) is 0. The standard InChI is InChI=1S/C20H18N6O2S/c1-13-18(23-24-29-13)20(27)25-7-8-28-17(11-25)19-16-5-4-15(10-26(16)12-22-19)14-3-2-6-21-9-14/h2-6,9-10,12,17H,7-8,11H2,1H3/t17-/m0/s1. The monoisotopic (exact) mass is 406 g/mol. The number of morpholine rings is 1. The fourth-order valence-corrected chi connectivity index (χ4v) is 4.01. The number of fused-ring (bicyclic) bond motifs is 1. The Morgan fingerprint density at radius 3 is 3.00 bits per heavy atom. The Morgan fingerprint density at radius 1 is 1.28 bits per heavy atom. The van der Waals surface area contributed by atoms with Crippen LogP contribution in [0.1, 0.15) is 27.2 Å². The Kier molecular flexibility index (Phi) is 4.53. The van der Waals surface area contributed by atoms with Crippen molar-refractivity contribution >= 4 is 23.0 Å². The Labute approximate surface area is 171 Å². The molecule has 4 aromatic rings. The fourth-order valence-electron chi connectivity index (χ4n) is 3.55. The number of aryl methyl sites for hydroxylation is 1. The SMILES string of the molecule is Cc1snnc1C(=O)N1CCO[C@H](c2ncn3cc(-c4cccnc4)ccc23)C1. The van der Waals surface area contributed by atoms with E-state index >= 15 is 0 Å². The van der Waals surface area contributed by atoms with Crippen LogP contribution in [0.25, 0.3) is 16.6 Å². The van der Waals surface area contributed by atoms with Gasteiger partial charge in [-0.25, -0.2) is 4.98 Å². The molecular formula is C20H18N6O2S. The number of carbonyl (C=O) groups excluding carboxylic acids is 1. The quantitative estimate of drug-likeness (QED) is 0.520. The van der Waals surface area contributed by atoms with Crippen LogP contribution in [-0.2, 0) is 4.74 Å². The van der Waals surface area contributed by atoms with Gasteiger partial charge in [0.15, 0.2) is 5.69 Å².